The molecule has 6 nitrogen and oxygen atoms in total. The molecule has 0 saturated carbocycles. The van der Waals surface area contributed by atoms with E-state index in [1.54, 1.807) is 0 Å². The second-order valence-corrected chi connectivity index (χ2v) is 31.7. The Morgan fingerprint density at radius 2 is 0.424 bits per heavy atom. The topological polar surface area (TPSA) is 46.0 Å². The number of furan rings is 2. The minimum atomic E-state index is 0.854. The maximum atomic E-state index is 7.77. The van der Waals surface area contributed by atoms with Crippen molar-refractivity contribution < 1.29 is 8.83 Å². The lowest BCUT2D eigenvalue weighted by atomic mass is 9.98. The van der Waals surface area contributed by atoms with Gasteiger partial charge in [0.05, 0.1) is 77.1 Å². The van der Waals surface area contributed by atoms with Crippen LogP contribution in [0.4, 0.5) is 0 Å². The zero-order valence-corrected chi connectivity index (χ0v) is 63.7. The molecule has 118 heavy (non-hydrogen) atoms. The van der Waals surface area contributed by atoms with Gasteiger partial charge in [0.15, 0.2) is 0 Å². The average molecular weight is 1500 g/mol. The lowest BCUT2D eigenvalue weighted by molar-refractivity contribution is 0.676. The highest BCUT2D eigenvalue weighted by Gasteiger charge is 2.28. The second kappa shape index (κ2) is 24.9. The molecule has 6 heteroatoms. The number of nitrogens with zero attached hydrogens (tertiary/aromatic N) is 4. The summed E-state index contributed by atoms with van der Waals surface area (Å²) in [6, 6.07) is 148. The van der Waals surface area contributed by atoms with Gasteiger partial charge in [0.2, 0.25) is 0 Å². The lowest BCUT2D eigenvalue weighted by Crippen LogP contribution is -1.96. The van der Waals surface area contributed by atoms with E-state index in [4.69, 9.17) is 8.83 Å². The number of hydrogen-bond donors (Lipinski definition) is 0. The van der Waals surface area contributed by atoms with Crippen LogP contribution in [0.1, 0.15) is 0 Å². The van der Waals surface area contributed by atoms with Gasteiger partial charge in [-0.2, -0.15) is 0 Å². The van der Waals surface area contributed by atoms with E-state index in [0.717, 1.165) is 187 Å². The molecule has 0 bridgehead atoms. The number of rotatable bonds is 9. The van der Waals surface area contributed by atoms with Gasteiger partial charge in [-0.25, -0.2) is 0 Å². The van der Waals surface area contributed by atoms with Gasteiger partial charge in [0.1, 0.15) is 22.3 Å². The van der Waals surface area contributed by atoms with Crippen molar-refractivity contribution in [1.29, 1.82) is 0 Å². The summed E-state index contributed by atoms with van der Waals surface area (Å²) in [6.45, 7) is 0. The maximum Gasteiger partial charge on any atom is 0.145 e. The van der Waals surface area contributed by atoms with Crippen molar-refractivity contribution >= 4 is 174 Å². The molecule has 6 heterocycles. The van der Waals surface area contributed by atoms with Crippen LogP contribution in [0, 0.1) is 0 Å². The zero-order chi connectivity index (χ0) is 77.0. The summed E-state index contributed by atoms with van der Waals surface area (Å²) >= 11 is 0. The molecule has 0 aliphatic carbocycles. The van der Waals surface area contributed by atoms with E-state index < -0.39 is 0 Å². The Morgan fingerprint density at radius 3 is 0.873 bits per heavy atom. The summed E-state index contributed by atoms with van der Waals surface area (Å²) in [5.74, 6) is 0. The van der Waals surface area contributed by atoms with Gasteiger partial charge in [-0.3, -0.25) is 0 Å². The third kappa shape index (κ3) is 9.39. The molecule has 0 spiro atoms. The predicted molar refractivity (Wildman–Crippen MR) is 496 cm³/mol. The highest BCUT2D eigenvalue weighted by atomic mass is 16.3. The van der Waals surface area contributed by atoms with Crippen LogP contribution in [0.5, 0.6) is 0 Å². The molecule has 0 atom stereocenters. The summed E-state index contributed by atoms with van der Waals surface area (Å²) in [5, 5.41) is 22.7. The Hall–Kier alpha value is -15.8. The number of hydrogen-bond acceptors (Lipinski definition) is 2. The van der Waals surface area contributed by atoms with Crippen molar-refractivity contribution in [3.8, 4) is 78.4 Å². The van der Waals surface area contributed by atoms with E-state index in [1.807, 2.05) is 0 Å². The van der Waals surface area contributed by atoms with Crippen molar-refractivity contribution in [2.24, 2.45) is 0 Å². The van der Waals surface area contributed by atoms with Crippen LogP contribution in [0.15, 0.2) is 409 Å². The SMILES string of the molecule is c1ccc(-c2ccc(-c3ccc4c(c3)c3c5oc6c(ccc7c6c6cc(-c8ccc(-c9ccccc9)cc8)ccc6n7-c6cccc(-c7ccc8c(c7)c7c9oc%10c(ccc%11c%10c%10ccccc%10n%11-c%10cc%11ccccc%11c%11ccccc%10%11)c9ccc7n8-c7cc8ccccc8c8ccccc78)c6)c5ccc3n4-c3ccccc3)cc2)cc1. The Balaban J connectivity index is 0.689. The molecule has 20 aromatic carbocycles. The number of benzene rings is 20. The quantitative estimate of drug-likeness (QED) is 0.135. The lowest BCUT2D eigenvalue weighted by Gasteiger charge is -2.14. The highest BCUT2D eigenvalue weighted by molar-refractivity contribution is 6.32. The van der Waals surface area contributed by atoms with Crippen LogP contribution in [0.3, 0.4) is 0 Å². The molecule has 26 aromatic rings. The minimum absolute atomic E-state index is 0.854. The Kier molecular flexibility index (Phi) is 13.6. The smallest absolute Gasteiger partial charge is 0.145 e. The van der Waals surface area contributed by atoms with Crippen molar-refractivity contribution in [3.63, 3.8) is 0 Å². The molecule has 0 amide bonds. The van der Waals surface area contributed by atoms with Gasteiger partial charge in [-0.1, -0.05) is 273 Å². The van der Waals surface area contributed by atoms with Gasteiger partial charge in [-0.05, 0) is 215 Å². The summed E-state index contributed by atoms with van der Waals surface area (Å²) in [5.41, 5.74) is 28.0. The monoisotopic (exact) mass is 1500 g/mol. The Morgan fingerprint density at radius 1 is 0.144 bits per heavy atom. The molecular weight excluding hydrogens is 1430 g/mol. The first-order valence-electron chi connectivity index (χ1n) is 40.6. The van der Waals surface area contributed by atoms with Gasteiger partial charge in [-0.15, -0.1) is 0 Å². The zero-order valence-electron chi connectivity index (χ0n) is 63.7. The number of aromatic nitrogens is 4. The standard InChI is InChI=1S/C112H66N4O2/c1-4-21-67(22-5-1)69-39-43-71(44-40-69)74-47-54-96-92(62-74)106-99(113(96)79-28-8-3-9-29-79)57-50-88-89-51-58-100-107(111(89)118-110(88)106)93-63-75(72-45-41-70(42-46-72)68-23-6-2-7-24-68)48-55-97(93)114(100)80-30-20-27-73(61-80)76-49-56-98-94(64-76)108-102(116(98)104-66-78-26-11-13-32-82(78)84-34-15-17-36-86(84)104)60-53-90-87-52-59-101-105(109(87)117-112(90)108)91-37-18-19-38-95(91)115(101)103-65-77-25-10-12-31-81(77)83-33-14-16-35-85(83)103/h1-66H. The van der Waals surface area contributed by atoms with Crippen LogP contribution < -0.4 is 0 Å². The molecule has 0 N–H and O–H groups in total. The van der Waals surface area contributed by atoms with E-state index in [0.29, 0.717) is 0 Å². The van der Waals surface area contributed by atoms with E-state index in [2.05, 4.69) is 419 Å². The molecule has 0 aliphatic rings. The fraction of sp³-hybridized carbons (Fsp3) is 0. The van der Waals surface area contributed by atoms with Gasteiger partial charge < -0.3 is 27.1 Å². The van der Waals surface area contributed by atoms with Crippen molar-refractivity contribution in [2.45, 2.75) is 0 Å². The minimum Gasteiger partial charge on any atom is -0.455 e. The van der Waals surface area contributed by atoms with Crippen LogP contribution in [0.2, 0.25) is 0 Å². The van der Waals surface area contributed by atoms with E-state index >= 15 is 0 Å². The summed E-state index contributed by atoms with van der Waals surface area (Å²) < 4.78 is 25.4. The third-order valence-corrected chi connectivity index (χ3v) is 25.5. The molecule has 0 aliphatic heterocycles. The molecule has 0 saturated heterocycles. The summed E-state index contributed by atoms with van der Waals surface area (Å²) in [6.07, 6.45) is 0. The van der Waals surface area contributed by atoms with Crippen LogP contribution in [0.25, 0.3) is 253 Å². The fourth-order valence-electron chi connectivity index (χ4n) is 20.2. The van der Waals surface area contributed by atoms with Crippen molar-refractivity contribution in [1.82, 2.24) is 18.3 Å². The third-order valence-electron chi connectivity index (χ3n) is 25.5. The van der Waals surface area contributed by atoms with Crippen molar-refractivity contribution in [3.05, 3.63) is 400 Å². The molecule has 0 radical (unpaired) electrons. The van der Waals surface area contributed by atoms with E-state index in [-0.39, 0.29) is 0 Å². The molecular formula is C112H66N4O2. The maximum absolute atomic E-state index is 7.77. The first-order valence-corrected chi connectivity index (χ1v) is 40.6. The first kappa shape index (κ1) is 64.7. The average Bonchev–Trinajstić information content (AvgIpc) is 1.54. The number of para-hydroxylation sites is 2. The predicted octanol–water partition coefficient (Wildman–Crippen LogP) is 30.8. The summed E-state index contributed by atoms with van der Waals surface area (Å²) in [4.78, 5) is 0. The largest absolute Gasteiger partial charge is 0.455 e. The van der Waals surface area contributed by atoms with Gasteiger partial charge >= 0.3 is 0 Å². The Labute approximate surface area is 675 Å². The number of fused-ring (bicyclic) bond motifs is 28. The van der Waals surface area contributed by atoms with E-state index in [1.165, 1.54) is 65.3 Å². The molecule has 0 unspecified atom stereocenters. The molecule has 0 fully saturated rings. The van der Waals surface area contributed by atoms with Crippen molar-refractivity contribution in [2.75, 3.05) is 0 Å². The van der Waals surface area contributed by atoms with Gasteiger partial charge in [0, 0.05) is 65.2 Å². The second-order valence-electron chi connectivity index (χ2n) is 31.7. The van der Waals surface area contributed by atoms with Crippen LogP contribution in [-0.4, -0.2) is 18.3 Å². The van der Waals surface area contributed by atoms with Crippen LogP contribution in [-0.2, 0) is 0 Å². The van der Waals surface area contributed by atoms with Crippen LogP contribution >= 0.6 is 0 Å². The normalized spacial score (nSPS) is 12.2. The first-order chi connectivity index (χ1) is 58.5. The summed E-state index contributed by atoms with van der Waals surface area (Å²) in [7, 11) is 0. The molecule has 6 aromatic heterocycles. The highest BCUT2D eigenvalue weighted by Crippen LogP contribution is 2.51. The Bertz CT molecular complexity index is 8780. The molecule has 546 valence electrons. The van der Waals surface area contributed by atoms with Gasteiger partial charge in [0.25, 0.3) is 0 Å². The van der Waals surface area contributed by atoms with E-state index in [9.17, 15) is 0 Å². The fourth-order valence-corrected chi connectivity index (χ4v) is 20.2. The molecule has 26 rings (SSSR count).